The SMILES string of the molecule is CCC1CCNC(C(=O)N2CCC(C)CC2)C1. The molecule has 0 bridgehead atoms. The average Bonchev–Trinajstić information content (AvgIpc) is 2.39. The Morgan fingerprint density at radius 3 is 2.65 bits per heavy atom. The van der Waals surface area contributed by atoms with Crippen molar-refractivity contribution < 1.29 is 4.79 Å². The van der Waals surface area contributed by atoms with Crippen LogP contribution >= 0.6 is 0 Å². The zero-order valence-corrected chi connectivity index (χ0v) is 11.2. The molecule has 3 heteroatoms. The molecule has 0 radical (unpaired) electrons. The molecule has 2 fully saturated rings. The molecule has 2 aliphatic heterocycles. The van der Waals surface area contributed by atoms with Gasteiger partial charge in [-0.2, -0.15) is 0 Å². The lowest BCUT2D eigenvalue weighted by Crippen LogP contribution is -2.52. The summed E-state index contributed by atoms with van der Waals surface area (Å²) in [7, 11) is 0. The normalized spacial score (nSPS) is 31.5. The van der Waals surface area contributed by atoms with Crippen molar-refractivity contribution in [1.29, 1.82) is 0 Å². The molecule has 0 aromatic heterocycles. The lowest BCUT2D eigenvalue weighted by molar-refractivity contribution is -0.135. The third kappa shape index (κ3) is 3.21. The quantitative estimate of drug-likeness (QED) is 0.798. The molecular weight excluding hydrogens is 212 g/mol. The van der Waals surface area contributed by atoms with E-state index in [1.807, 2.05) is 0 Å². The van der Waals surface area contributed by atoms with Crippen LogP contribution in [0.4, 0.5) is 0 Å². The number of piperidine rings is 2. The summed E-state index contributed by atoms with van der Waals surface area (Å²) < 4.78 is 0. The highest BCUT2D eigenvalue weighted by Gasteiger charge is 2.30. The van der Waals surface area contributed by atoms with Crippen molar-refractivity contribution in [3.8, 4) is 0 Å². The molecule has 2 rings (SSSR count). The maximum atomic E-state index is 12.4. The van der Waals surface area contributed by atoms with Gasteiger partial charge in [0.05, 0.1) is 6.04 Å². The van der Waals surface area contributed by atoms with Gasteiger partial charge in [-0.1, -0.05) is 20.3 Å². The molecule has 17 heavy (non-hydrogen) atoms. The Hall–Kier alpha value is -0.570. The maximum absolute atomic E-state index is 12.4. The molecule has 3 nitrogen and oxygen atoms in total. The predicted molar refractivity (Wildman–Crippen MR) is 69.8 cm³/mol. The number of likely N-dealkylation sites (tertiary alicyclic amines) is 1. The van der Waals surface area contributed by atoms with Crippen LogP contribution in [-0.2, 0) is 4.79 Å². The van der Waals surface area contributed by atoms with E-state index in [2.05, 4.69) is 24.1 Å². The number of nitrogens with one attached hydrogen (secondary N) is 1. The molecule has 0 aliphatic carbocycles. The monoisotopic (exact) mass is 238 g/mol. The van der Waals surface area contributed by atoms with Crippen LogP contribution in [-0.4, -0.2) is 36.5 Å². The van der Waals surface area contributed by atoms with E-state index in [0.29, 0.717) is 5.91 Å². The van der Waals surface area contributed by atoms with Crippen LogP contribution in [0.2, 0.25) is 0 Å². The van der Waals surface area contributed by atoms with Crippen molar-refractivity contribution in [2.24, 2.45) is 11.8 Å². The summed E-state index contributed by atoms with van der Waals surface area (Å²) in [4.78, 5) is 14.5. The van der Waals surface area contributed by atoms with Crippen LogP contribution in [0.3, 0.4) is 0 Å². The van der Waals surface area contributed by atoms with Crippen LogP contribution in [0, 0.1) is 11.8 Å². The molecule has 1 amide bonds. The van der Waals surface area contributed by atoms with E-state index >= 15 is 0 Å². The van der Waals surface area contributed by atoms with Gasteiger partial charge in [0, 0.05) is 13.1 Å². The second-order valence-corrected chi connectivity index (χ2v) is 5.81. The first-order chi connectivity index (χ1) is 8.20. The van der Waals surface area contributed by atoms with Crippen LogP contribution in [0.15, 0.2) is 0 Å². The Kier molecular flexibility index (Phi) is 4.43. The number of amides is 1. The summed E-state index contributed by atoms with van der Waals surface area (Å²) in [6, 6.07) is 0.0992. The van der Waals surface area contributed by atoms with E-state index in [-0.39, 0.29) is 6.04 Å². The largest absolute Gasteiger partial charge is 0.341 e. The molecule has 2 aliphatic rings. The summed E-state index contributed by atoms with van der Waals surface area (Å²) in [5, 5.41) is 3.40. The van der Waals surface area contributed by atoms with Crippen LogP contribution in [0.5, 0.6) is 0 Å². The lowest BCUT2D eigenvalue weighted by atomic mass is 9.89. The average molecular weight is 238 g/mol. The van der Waals surface area contributed by atoms with Gasteiger partial charge in [-0.3, -0.25) is 4.79 Å². The predicted octanol–water partition coefficient (Wildman–Crippen LogP) is 2.02. The number of nitrogens with zero attached hydrogens (tertiary/aromatic N) is 1. The Morgan fingerprint density at radius 1 is 1.29 bits per heavy atom. The highest BCUT2D eigenvalue weighted by molar-refractivity contribution is 5.82. The van der Waals surface area contributed by atoms with Crippen molar-refractivity contribution in [3.63, 3.8) is 0 Å². The molecule has 0 saturated carbocycles. The molecule has 1 N–H and O–H groups in total. The van der Waals surface area contributed by atoms with Gasteiger partial charge in [-0.05, 0) is 44.1 Å². The molecule has 98 valence electrons. The van der Waals surface area contributed by atoms with Crippen molar-refractivity contribution in [3.05, 3.63) is 0 Å². The summed E-state index contributed by atoms with van der Waals surface area (Å²) in [6.07, 6.45) is 5.84. The van der Waals surface area contributed by atoms with E-state index in [1.54, 1.807) is 0 Å². The van der Waals surface area contributed by atoms with E-state index in [1.165, 1.54) is 25.7 Å². The lowest BCUT2D eigenvalue weighted by Gasteiger charge is -2.36. The van der Waals surface area contributed by atoms with Gasteiger partial charge < -0.3 is 10.2 Å². The van der Waals surface area contributed by atoms with E-state index < -0.39 is 0 Å². The molecule has 0 aromatic rings. The Morgan fingerprint density at radius 2 is 2.00 bits per heavy atom. The Labute approximate surface area is 105 Å². The first-order valence-corrected chi connectivity index (χ1v) is 7.23. The van der Waals surface area contributed by atoms with Crippen LogP contribution in [0.25, 0.3) is 0 Å². The van der Waals surface area contributed by atoms with Gasteiger partial charge in [0.15, 0.2) is 0 Å². The van der Waals surface area contributed by atoms with Crippen molar-refractivity contribution in [2.45, 2.75) is 52.0 Å². The highest BCUT2D eigenvalue weighted by Crippen LogP contribution is 2.22. The molecule has 2 unspecified atom stereocenters. The highest BCUT2D eigenvalue weighted by atomic mass is 16.2. The minimum atomic E-state index is 0.0992. The molecule has 2 saturated heterocycles. The van der Waals surface area contributed by atoms with Gasteiger partial charge in [0.1, 0.15) is 0 Å². The summed E-state index contributed by atoms with van der Waals surface area (Å²) in [5.74, 6) is 1.89. The summed E-state index contributed by atoms with van der Waals surface area (Å²) in [5.41, 5.74) is 0. The fraction of sp³-hybridized carbons (Fsp3) is 0.929. The number of rotatable bonds is 2. The van der Waals surface area contributed by atoms with Crippen molar-refractivity contribution >= 4 is 5.91 Å². The Bertz CT molecular complexity index is 259. The van der Waals surface area contributed by atoms with Crippen molar-refractivity contribution in [2.75, 3.05) is 19.6 Å². The zero-order chi connectivity index (χ0) is 12.3. The van der Waals surface area contributed by atoms with Crippen LogP contribution < -0.4 is 5.32 Å². The molecular formula is C14H26N2O. The van der Waals surface area contributed by atoms with Crippen LogP contribution in [0.1, 0.15) is 46.0 Å². The first kappa shape index (κ1) is 12.9. The minimum absolute atomic E-state index is 0.0992. The standard InChI is InChI=1S/C14H26N2O/c1-3-12-4-7-15-13(10-12)14(17)16-8-5-11(2)6-9-16/h11-13,15H,3-10H2,1-2H3. The molecule has 0 aromatic carbocycles. The smallest absolute Gasteiger partial charge is 0.239 e. The number of hydrogen-bond donors (Lipinski definition) is 1. The first-order valence-electron chi connectivity index (χ1n) is 7.23. The van der Waals surface area contributed by atoms with Gasteiger partial charge in [0.25, 0.3) is 0 Å². The summed E-state index contributed by atoms with van der Waals surface area (Å²) >= 11 is 0. The fourth-order valence-corrected chi connectivity index (χ4v) is 3.00. The minimum Gasteiger partial charge on any atom is -0.341 e. The second kappa shape index (κ2) is 5.85. The summed E-state index contributed by atoms with van der Waals surface area (Å²) in [6.45, 7) is 7.47. The van der Waals surface area contributed by atoms with Gasteiger partial charge in [0.2, 0.25) is 5.91 Å². The maximum Gasteiger partial charge on any atom is 0.239 e. The number of carbonyl (C=O) groups is 1. The third-order valence-electron chi connectivity index (χ3n) is 4.48. The molecule has 2 atom stereocenters. The number of hydrogen-bond acceptors (Lipinski definition) is 2. The van der Waals surface area contributed by atoms with Gasteiger partial charge >= 0.3 is 0 Å². The van der Waals surface area contributed by atoms with Gasteiger partial charge in [-0.25, -0.2) is 0 Å². The molecule has 2 heterocycles. The van der Waals surface area contributed by atoms with E-state index in [0.717, 1.165) is 37.9 Å². The number of carbonyl (C=O) groups excluding carboxylic acids is 1. The Balaban J connectivity index is 1.86. The van der Waals surface area contributed by atoms with Crippen molar-refractivity contribution in [1.82, 2.24) is 10.2 Å². The fourth-order valence-electron chi connectivity index (χ4n) is 3.00. The third-order valence-corrected chi connectivity index (χ3v) is 4.48. The molecule has 0 spiro atoms. The zero-order valence-electron chi connectivity index (χ0n) is 11.2. The second-order valence-electron chi connectivity index (χ2n) is 5.81. The van der Waals surface area contributed by atoms with Gasteiger partial charge in [-0.15, -0.1) is 0 Å². The topological polar surface area (TPSA) is 32.3 Å². The van der Waals surface area contributed by atoms with E-state index in [9.17, 15) is 4.79 Å². The van der Waals surface area contributed by atoms with E-state index in [4.69, 9.17) is 0 Å².